The zero-order chi connectivity index (χ0) is 90.7. The van der Waals surface area contributed by atoms with Crippen LogP contribution in [0.15, 0.2) is 194 Å². The van der Waals surface area contributed by atoms with Gasteiger partial charge in [0, 0.05) is 19.3 Å². The Bertz CT molecular complexity index is 3050. The summed E-state index contributed by atoms with van der Waals surface area (Å²) in [5.74, 6) is -1.66. The van der Waals surface area contributed by atoms with Gasteiger partial charge in [-0.05, 0) is 148 Å². The second kappa shape index (κ2) is 97.4. The summed E-state index contributed by atoms with van der Waals surface area (Å²) in [4.78, 5) is 59.0. The van der Waals surface area contributed by atoms with Crippen LogP contribution in [0.2, 0.25) is 0 Å². The Morgan fingerprint density at radius 2 is 0.416 bits per heavy atom. The first-order chi connectivity index (χ1) is 61.2. The van der Waals surface area contributed by atoms with E-state index in [4.69, 9.17) is 32.3 Å². The number of hydrogen-bond donors (Lipinski definition) is 4. The quantitative estimate of drug-likeness (QED) is 0.0146. The van der Waals surface area contributed by atoms with Crippen molar-refractivity contribution in [2.45, 2.75) is 424 Å². The molecule has 714 valence electrons. The average molecular weight is 1780 g/mol. The number of phosphoric ester groups is 2. The van der Waals surface area contributed by atoms with E-state index in [0.29, 0.717) is 25.7 Å². The number of allylic oxidation sites excluding steroid dienone is 32. The van der Waals surface area contributed by atoms with Gasteiger partial charge in [-0.3, -0.25) is 32.5 Å². The minimum atomic E-state index is -4.97. The van der Waals surface area contributed by atoms with Crippen molar-refractivity contribution in [1.82, 2.24) is 0 Å². The van der Waals surface area contributed by atoms with Crippen LogP contribution in [-0.2, 0) is 55.8 Å². The van der Waals surface area contributed by atoms with Crippen LogP contribution in [0.1, 0.15) is 406 Å². The molecule has 0 bridgehead atoms. The molecular formula is C107H180O16P2. The number of rotatable bonds is 93. The van der Waals surface area contributed by atoms with Crippen LogP contribution in [0.5, 0.6) is 0 Å². The molecule has 0 rings (SSSR count). The van der Waals surface area contributed by atoms with Crippen molar-refractivity contribution < 1.29 is 75.8 Å². The highest BCUT2D eigenvalue weighted by Crippen LogP contribution is 2.45. The first kappa shape index (κ1) is 119. The average Bonchev–Trinajstić information content (AvgIpc) is 0.898. The fourth-order valence-electron chi connectivity index (χ4n) is 13.4. The normalized spacial score (nSPS) is 14.5. The van der Waals surface area contributed by atoms with Crippen molar-refractivity contribution in [3.63, 3.8) is 0 Å². The fraction of sp³-hybridized carbons (Fsp3) is 0.673. The summed E-state index contributed by atoms with van der Waals surface area (Å²) in [6.45, 7) is 2.30. The van der Waals surface area contributed by atoms with Gasteiger partial charge in [0.05, 0.1) is 26.4 Å². The maximum Gasteiger partial charge on any atom is 0.472 e. The van der Waals surface area contributed by atoms with Crippen LogP contribution in [0.4, 0.5) is 0 Å². The second-order valence-electron chi connectivity index (χ2n) is 32.8. The number of hydrogen-bond acceptors (Lipinski definition) is 14. The molecule has 0 aliphatic carbocycles. The highest BCUT2D eigenvalue weighted by atomic mass is 31.2. The van der Waals surface area contributed by atoms with E-state index in [0.717, 1.165) is 141 Å². The standard InChI is InChI=1S/C107H180O16P2/c1-4-7-10-13-16-19-22-25-28-31-34-36-38-40-42-44-46-48-50-52-54-56-58-60-62-64-67-69-72-75-78-81-84-87-90-93-105(110)117-96-102(108)97-119-124(113,114)120-98-103(109)99-121-125(115,116)122-101-104(123-107(112)95-92-89-86-83-80-77-74-71-66-33-30-27-24-21-18-15-12-9-6-3)100-118-106(111)94-91-88-85-82-79-76-73-70-68-65-63-61-59-57-55-53-51-49-47-45-43-41-39-37-35-32-29-26-23-20-17-14-11-8-5-2/h7-12,16-21,25-30,34-37,40-43,66,71,77,80,86,89,102-104,108-109H,4-6,13-15,22-24,31-33,38-39,44-65,67-70,72-76,78-79,81-85,87-88,90-101H2,1-3H3,(H,113,114)(H,115,116)/b10-7-,11-8-,12-9-,19-16-,20-17-,21-18-,28-25-,29-26-,30-27-,36-34-,37-35-,42-40-,43-41-,71-66-,80-77-,89-86-. The number of ether oxygens (including phenoxy) is 3. The van der Waals surface area contributed by atoms with Crippen LogP contribution in [0.3, 0.4) is 0 Å². The van der Waals surface area contributed by atoms with Gasteiger partial charge in [-0.25, -0.2) is 9.13 Å². The number of unbranched alkanes of at least 4 members (excludes halogenated alkanes) is 38. The maximum atomic E-state index is 13.0. The lowest BCUT2D eigenvalue weighted by Gasteiger charge is -2.21. The Hall–Kier alpha value is -5.61. The lowest BCUT2D eigenvalue weighted by Crippen LogP contribution is -2.29. The molecule has 0 heterocycles. The molecule has 0 saturated heterocycles. The minimum Gasteiger partial charge on any atom is -0.463 e. The number of phosphoric acid groups is 2. The molecule has 0 aromatic heterocycles. The Balaban J connectivity index is 4.51. The largest absolute Gasteiger partial charge is 0.472 e. The molecule has 0 saturated carbocycles. The van der Waals surface area contributed by atoms with Gasteiger partial charge >= 0.3 is 33.6 Å². The van der Waals surface area contributed by atoms with Gasteiger partial charge < -0.3 is 34.2 Å². The smallest absolute Gasteiger partial charge is 0.463 e. The molecule has 0 spiro atoms. The number of aliphatic hydroxyl groups is 2. The Labute approximate surface area is 763 Å². The molecule has 0 aliphatic heterocycles. The Kier molecular flexibility index (Phi) is 93.1. The van der Waals surface area contributed by atoms with Crippen LogP contribution < -0.4 is 0 Å². The summed E-state index contributed by atoms with van der Waals surface area (Å²) in [5.41, 5.74) is 0. The monoisotopic (exact) mass is 1780 g/mol. The van der Waals surface area contributed by atoms with Crippen molar-refractivity contribution in [2.24, 2.45) is 0 Å². The predicted molar refractivity (Wildman–Crippen MR) is 528 cm³/mol. The van der Waals surface area contributed by atoms with Crippen LogP contribution in [0.25, 0.3) is 0 Å². The van der Waals surface area contributed by atoms with Crippen molar-refractivity contribution in [2.75, 3.05) is 39.6 Å². The van der Waals surface area contributed by atoms with E-state index in [1.165, 1.54) is 199 Å². The third kappa shape index (κ3) is 98.8. The molecule has 0 fully saturated rings. The van der Waals surface area contributed by atoms with Crippen molar-refractivity contribution >= 4 is 33.6 Å². The Morgan fingerprint density at radius 3 is 0.664 bits per heavy atom. The van der Waals surface area contributed by atoms with Crippen molar-refractivity contribution in [3.05, 3.63) is 194 Å². The van der Waals surface area contributed by atoms with Crippen molar-refractivity contribution in [1.29, 1.82) is 0 Å². The zero-order valence-corrected chi connectivity index (χ0v) is 80.7. The first-order valence-corrected chi connectivity index (χ1v) is 52.7. The lowest BCUT2D eigenvalue weighted by atomic mass is 10.0. The van der Waals surface area contributed by atoms with Gasteiger partial charge in [-0.2, -0.15) is 0 Å². The Morgan fingerprint density at radius 1 is 0.224 bits per heavy atom. The molecule has 16 nitrogen and oxygen atoms in total. The fourth-order valence-corrected chi connectivity index (χ4v) is 15.0. The number of carbonyl (C=O) groups is 3. The summed E-state index contributed by atoms with van der Waals surface area (Å²) in [6, 6.07) is 0. The number of esters is 3. The van der Waals surface area contributed by atoms with Crippen LogP contribution >= 0.6 is 15.6 Å². The van der Waals surface area contributed by atoms with E-state index < -0.39 is 91.5 Å². The van der Waals surface area contributed by atoms with Gasteiger partial charge in [0.15, 0.2) is 6.10 Å². The predicted octanol–water partition coefficient (Wildman–Crippen LogP) is 31.3. The van der Waals surface area contributed by atoms with Gasteiger partial charge in [-0.15, -0.1) is 0 Å². The van der Waals surface area contributed by atoms with E-state index in [1.807, 2.05) is 18.2 Å². The lowest BCUT2D eigenvalue weighted by molar-refractivity contribution is -0.161. The van der Waals surface area contributed by atoms with Crippen molar-refractivity contribution in [3.8, 4) is 0 Å². The first-order valence-electron chi connectivity index (χ1n) is 49.7. The van der Waals surface area contributed by atoms with E-state index in [9.17, 15) is 43.5 Å². The number of aliphatic hydroxyl groups excluding tert-OH is 2. The topological polar surface area (TPSA) is 231 Å². The SMILES string of the molecule is CC/C=C\C/C=C\C/C=C\C/C=C\C/C=C\C/C=C\CCC(=O)OC(COC(=O)CCCCCCCCCCCCCCCCCCCCC/C=C\C/C=C\C/C=C\C/C=C\C/C=C\CC)COP(=O)(O)OCC(O)COP(=O)(O)OCC(O)COC(=O)CCCCCCCCCCCCCCCCCCCCC/C=C\C/C=C\C/C=C\C/C=C\C/C=C\CC. The van der Waals surface area contributed by atoms with Gasteiger partial charge in [0.25, 0.3) is 0 Å². The molecule has 125 heavy (non-hydrogen) atoms. The van der Waals surface area contributed by atoms with E-state index in [1.54, 1.807) is 0 Å². The molecule has 18 heteroatoms. The second-order valence-corrected chi connectivity index (χ2v) is 35.7. The summed E-state index contributed by atoms with van der Waals surface area (Å²) in [5, 5.41) is 20.8. The van der Waals surface area contributed by atoms with E-state index >= 15 is 0 Å². The van der Waals surface area contributed by atoms with Gasteiger partial charge in [0.1, 0.15) is 25.4 Å². The molecule has 0 aliphatic rings. The summed E-state index contributed by atoms with van der Waals surface area (Å²) >= 11 is 0. The minimum absolute atomic E-state index is 0.0238. The molecule has 5 unspecified atom stereocenters. The third-order valence-corrected chi connectivity index (χ3v) is 22.7. The summed E-state index contributed by atoms with van der Waals surface area (Å²) in [7, 11) is -9.84. The highest BCUT2D eigenvalue weighted by molar-refractivity contribution is 7.47. The van der Waals surface area contributed by atoms with Crippen LogP contribution in [-0.4, -0.2) is 95.9 Å². The van der Waals surface area contributed by atoms with Crippen LogP contribution in [0, 0.1) is 0 Å². The third-order valence-electron chi connectivity index (χ3n) is 20.8. The number of carbonyl (C=O) groups excluding carboxylic acids is 3. The zero-order valence-electron chi connectivity index (χ0n) is 79.0. The molecular weight excluding hydrogens is 1600 g/mol. The highest BCUT2D eigenvalue weighted by Gasteiger charge is 2.30. The maximum absolute atomic E-state index is 13.0. The summed E-state index contributed by atoms with van der Waals surface area (Å²) < 4.78 is 61.5. The molecule has 0 aromatic carbocycles. The summed E-state index contributed by atoms with van der Waals surface area (Å²) in [6.07, 6.45) is 131. The van der Waals surface area contributed by atoms with E-state index in [-0.39, 0.29) is 19.3 Å². The molecule has 0 radical (unpaired) electrons. The molecule has 4 N–H and O–H groups in total. The van der Waals surface area contributed by atoms with Gasteiger partial charge in [0.2, 0.25) is 0 Å². The van der Waals surface area contributed by atoms with Gasteiger partial charge in [-0.1, -0.05) is 434 Å². The molecule has 0 aromatic rings. The molecule has 5 atom stereocenters. The molecule has 0 amide bonds. The van der Waals surface area contributed by atoms with E-state index in [2.05, 4.69) is 197 Å².